The third kappa shape index (κ3) is 4.42. The van der Waals surface area contributed by atoms with Crippen LogP contribution in [0.4, 0.5) is 0 Å². The summed E-state index contributed by atoms with van der Waals surface area (Å²) in [5.74, 6) is 0. The van der Waals surface area contributed by atoms with E-state index in [1.165, 1.54) is 38.5 Å². The number of rotatable bonds is 10. The standard InChI is InChI=1S/C9H13.3C4H9.Sn/c1-6-5-7(2)9(4)8(6)3;3*1-3-4-2;/h5H,1-4H3;3*1,3-4H2,2H3;. The average molecular weight is 411 g/mol. The molecule has 0 amide bonds. The molecule has 0 nitrogen and oxygen atoms in total. The van der Waals surface area contributed by atoms with E-state index in [2.05, 4.69) is 48.5 Å². The van der Waals surface area contributed by atoms with Crippen LogP contribution in [0.25, 0.3) is 0 Å². The first-order chi connectivity index (χ1) is 10.4. The van der Waals surface area contributed by atoms with Gasteiger partial charge in [0.25, 0.3) is 0 Å². The van der Waals surface area contributed by atoms with Crippen LogP contribution in [0.5, 0.6) is 0 Å². The molecule has 0 aromatic rings. The van der Waals surface area contributed by atoms with Crippen molar-refractivity contribution in [3.63, 3.8) is 0 Å². The Balaban J connectivity index is 3.21. The van der Waals surface area contributed by atoms with Crippen molar-refractivity contribution >= 4 is 18.4 Å². The van der Waals surface area contributed by atoms with Crippen LogP contribution < -0.4 is 0 Å². The molecule has 0 unspecified atom stereocenters. The summed E-state index contributed by atoms with van der Waals surface area (Å²) >= 11 is -2.16. The van der Waals surface area contributed by atoms with Gasteiger partial charge in [-0.3, -0.25) is 0 Å². The fraction of sp³-hybridized carbons (Fsp3) is 0.810. The second-order valence-corrected chi connectivity index (χ2v) is 21.4. The Morgan fingerprint density at radius 3 is 1.23 bits per heavy atom. The summed E-state index contributed by atoms with van der Waals surface area (Å²) in [7, 11) is 0. The SMILES string of the molecule is CCC[CH2][Sn]([CH2]CCC)([CH2]CCC)[CH]1C(C)=C(C)C(C)=C1C. The molecule has 0 heterocycles. The molecule has 0 aromatic heterocycles. The Morgan fingerprint density at radius 2 is 0.955 bits per heavy atom. The number of unbranched alkanes of at least 4 members (excludes halogenated alkanes) is 3. The van der Waals surface area contributed by atoms with E-state index in [4.69, 9.17) is 0 Å². The molecule has 1 rings (SSSR count). The zero-order chi connectivity index (χ0) is 16.8. The third-order valence-electron chi connectivity index (χ3n) is 6.31. The third-order valence-corrected chi connectivity index (χ3v) is 23.8. The van der Waals surface area contributed by atoms with E-state index in [0.29, 0.717) is 0 Å². The Labute approximate surface area is 144 Å². The summed E-state index contributed by atoms with van der Waals surface area (Å²) in [5.41, 5.74) is 6.81. The normalized spacial score (nSPS) is 17.0. The molecule has 0 saturated carbocycles. The van der Waals surface area contributed by atoms with Gasteiger partial charge in [-0.1, -0.05) is 0 Å². The molecule has 0 spiro atoms. The quantitative estimate of drug-likeness (QED) is 0.321. The van der Waals surface area contributed by atoms with E-state index in [1.54, 1.807) is 35.6 Å². The maximum atomic E-state index is 2.47. The Morgan fingerprint density at radius 1 is 0.636 bits per heavy atom. The van der Waals surface area contributed by atoms with Gasteiger partial charge >= 0.3 is 145 Å². The molecule has 0 N–H and O–H groups in total. The van der Waals surface area contributed by atoms with Crippen LogP contribution in [-0.4, -0.2) is 18.4 Å². The predicted molar refractivity (Wildman–Crippen MR) is 105 cm³/mol. The van der Waals surface area contributed by atoms with Gasteiger partial charge in [0.15, 0.2) is 0 Å². The van der Waals surface area contributed by atoms with Gasteiger partial charge in [-0.2, -0.15) is 0 Å². The van der Waals surface area contributed by atoms with E-state index in [0.717, 1.165) is 3.93 Å². The fourth-order valence-corrected chi connectivity index (χ4v) is 24.8. The van der Waals surface area contributed by atoms with Crippen molar-refractivity contribution in [1.29, 1.82) is 0 Å². The molecule has 0 bridgehead atoms. The van der Waals surface area contributed by atoms with Crippen molar-refractivity contribution in [3.8, 4) is 0 Å². The zero-order valence-corrected chi connectivity index (χ0v) is 19.3. The van der Waals surface area contributed by atoms with Gasteiger partial charge in [0.2, 0.25) is 0 Å². The zero-order valence-electron chi connectivity index (χ0n) is 16.4. The molecule has 0 aliphatic heterocycles. The molecule has 1 heteroatoms. The summed E-state index contributed by atoms with van der Waals surface area (Å²) in [4.78, 5) is 0. The first kappa shape index (κ1) is 20.3. The second-order valence-electron chi connectivity index (χ2n) is 7.72. The summed E-state index contributed by atoms with van der Waals surface area (Å²) in [6.45, 7) is 16.8. The van der Waals surface area contributed by atoms with Gasteiger partial charge in [0.05, 0.1) is 0 Å². The predicted octanol–water partition coefficient (Wildman–Crippen LogP) is 7.89. The molecule has 0 atom stereocenters. The van der Waals surface area contributed by atoms with Crippen molar-refractivity contribution < 1.29 is 0 Å². The van der Waals surface area contributed by atoms with Gasteiger partial charge in [0, 0.05) is 0 Å². The first-order valence-corrected chi connectivity index (χ1v) is 17.5. The van der Waals surface area contributed by atoms with Crippen LogP contribution in [0.15, 0.2) is 22.3 Å². The molecule has 0 fully saturated rings. The molecule has 0 saturated heterocycles. The Hall–Kier alpha value is 0.279. The van der Waals surface area contributed by atoms with Gasteiger partial charge in [0.1, 0.15) is 0 Å². The summed E-state index contributed by atoms with van der Waals surface area (Å²) < 4.78 is 5.82. The van der Waals surface area contributed by atoms with Crippen LogP contribution in [0, 0.1) is 0 Å². The molecule has 1 aliphatic carbocycles. The van der Waals surface area contributed by atoms with E-state index in [1.807, 2.05) is 0 Å². The van der Waals surface area contributed by atoms with Crippen molar-refractivity contribution in [3.05, 3.63) is 22.3 Å². The molecule has 128 valence electrons. The minimum atomic E-state index is -2.16. The molecule has 1 aliphatic rings. The summed E-state index contributed by atoms with van der Waals surface area (Å²) in [6, 6.07) is 0. The Bertz CT molecular complexity index is 368. The van der Waals surface area contributed by atoms with E-state index >= 15 is 0 Å². The van der Waals surface area contributed by atoms with Crippen molar-refractivity contribution in [2.45, 2.75) is 104 Å². The van der Waals surface area contributed by atoms with Gasteiger partial charge < -0.3 is 0 Å². The van der Waals surface area contributed by atoms with Crippen molar-refractivity contribution in [2.75, 3.05) is 0 Å². The van der Waals surface area contributed by atoms with Gasteiger partial charge in [-0.25, -0.2) is 0 Å². The van der Waals surface area contributed by atoms with E-state index < -0.39 is 18.4 Å². The number of hydrogen-bond acceptors (Lipinski definition) is 0. The Kier molecular flexibility index (Phi) is 8.82. The van der Waals surface area contributed by atoms with Crippen LogP contribution >= 0.6 is 0 Å². The van der Waals surface area contributed by atoms with E-state index in [9.17, 15) is 0 Å². The molecule has 0 radical (unpaired) electrons. The number of allylic oxidation sites excluding steroid dienone is 4. The first-order valence-electron chi connectivity index (χ1n) is 9.80. The van der Waals surface area contributed by atoms with Crippen LogP contribution in [0.1, 0.15) is 87.0 Å². The molecule has 22 heavy (non-hydrogen) atoms. The summed E-state index contributed by atoms with van der Waals surface area (Å²) in [5, 5.41) is 0. The second kappa shape index (κ2) is 9.54. The van der Waals surface area contributed by atoms with Crippen LogP contribution in [-0.2, 0) is 0 Å². The van der Waals surface area contributed by atoms with Gasteiger partial charge in [-0.15, -0.1) is 0 Å². The van der Waals surface area contributed by atoms with Crippen LogP contribution in [0.2, 0.25) is 17.2 Å². The molecular formula is C21H40Sn. The van der Waals surface area contributed by atoms with Crippen molar-refractivity contribution in [1.82, 2.24) is 0 Å². The molecular weight excluding hydrogens is 371 g/mol. The topological polar surface area (TPSA) is 0 Å². The van der Waals surface area contributed by atoms with E-state index in [-0.39, 0.29) is 0 Å². The summed E-state index contributed by atoms with van der Waals surface area (Å²) in [6.07, 6.45) is 8.60. The maximum absolute atomic E-state index is 2.47. The minimum absolute atomic E-state index is 0.930. The van der Waals surface area contributed by atoms with Gasteiger partial charge in [-0.05, 0) is 0 Å². The fourth-order valence-electron chi connectivity index (χ4n) is 4.66. The molecule has 0 aromatic carbocycles. The number of hydrogen-bond donors (Lipinski definition) is 0. The average Bonchev–Trinajstić information content (AvgIpc) is 2.71. The van der Waals surface area contributed by atoms with Crippen LogP contribution in [0.3, 0.4) is 0 Å². The monoisotopic (exact) mass is 412 g/mol. The van der Waals surface area contributed by atoms with Crippen molar-refractivity contribution in [2.24, 2.45) is 0 Å².